The van der Waals surface area contributed by atoms with Crippen LogP contribution in [0.5, 0.6) is 0 Å². The van der Waals surface area contributed by atoms with Crippen molar-refractivity contribution in [3.8, 4) is 0 Å². The van der Waals surface area contributed by atoms with Gasteiger partial charge in [-0.15, -0.1) is 0 Å². The van der Waals surface area contributed by atoms with Crippen molar-refractivity contribution < 1.29 is 4.74 Å². The molecule has 3 rings (SSSR count). The largest absolute Gasteiger partial charge is 0.383 e. The molecule has 0 saturated carbocycles. The van der Waals surface area contributed by atoms with E-state index in [0.717, 1.165) is 28.2 Å². The average molecular weight is 303 g/mol. The van der Waals surface area contributed by atoms with Crippen molar-refractivity contribution in [2.75, 3.05) is 25.6 Å². The maximum Gasteiger partial charge on any atom is 0.129 e. The van der Waals surface area contributed by atoms with Crippen LogP contribution in [0.4, 0.5) is 5.82 Å². The SMILES string of the molecule is COCCNc1cc(C2=NCc3cnc(Cl)cc32)ccn1. The van der Waals surface area contributed by atoms with Crippen LogP contribution >= 0.6 is 11.6 Å². The number of ether oxygens (including phenoxy) is 1. The summed E-state index contributed by atoms with van der Waals surface area (Å²) in [4.78, 5) is 13.0. The fraction of sp³-hybridized carbons (Fsp3) is 0.267. The van der Waals surface area contributed by atoms with Gasteiger partial charge in [-0.05, 0) is 18.2 Å². The number of aromatic nitrogens is 2. The lowest BCUT2D eigenvalue weighted by atomic mass is 10.0. The molecule has 6 heteroatoms. The first-order valence-corrected chi connectivity index (χ1v) is 7.04. The van der Waals surface area contributed by atoms with Gasteiger partial charge in [-0.1, -0.05) is 11.6 Å². The van der Waals surface area contributed by atoms with Crippen molar-refractivity contribution in [1.29, 1.82) is 0 Å². The monoisotopic (exact) mass is 302 g/mol. The summed E-state index contributed by atoms with van der Waals surface area (Å²) in [6.45, 7) is 1.99. The van der Waals surface area contributed by atoms with Crippen LogP contribution in [0.1, 0.15) is 16.7 Å². The highest BCUT2D eigenvalue weighted by molar-refractivity contribution is 6.30. The molecule has 0 radical (unpaired) electrons. The predicted molar refractivity (Wildman–Crippen MR) is 83.2 cm³/mol. The van der Waals surface area contributed by atoms with E-state index in [1.165, 1.54) is 0 Å². The van der Waals surface area contributed by atoms with E-state index in [1.54, 1.807) is 19.5 Å². The summed E-state index contributed by atoms with van der Waals surface area (Å²) in [5.74, 6) is 0.806. The quantitative estimate of drug-likeness (QED) is 0.681. The molecule has 2 aromatic heterocycles. The summed E-state index contributed by atoms with van der Waals surface area (Å²) >= 11 is 5.99. The Morgan fingerprint density at radius 2 is 2.24 bits per heavy atom. The molecule has 5 nitrogen and oxygen atoms in total. The van der Waals surface area contributed by atoms with Gasteiger partial charge in [-0.2, -0.15) is 0 Å². The van der Waals surface area contributed by atoms with Crippen molar-refractivity contribution in [3.05, 3.63) is 52.4 Å². The van der Waals surface area contributed by atoms with Crippen molar-refractivity contribution in [2.24, 2.45) is 4.99 Å². The van der Waals surface area contributed by atoms with E-state index < -0.39 is 0 Å². The first kappa shape index (κ1) is 14.0. The zero-order valence-electron chi connectivity index (χ0n) is 11.6. The second-order valence-electron chi connectivity index (χ2n) is 4.68. The third-order valence-corrected chi connectivity index (χ3v) is 3.47. The lowest BCUT2D eigenvalue weighted by Gasteiger charge is -2.08. The van der Waals surface area contributed by atoms with Crippen molar-refractivity contribution in [2.45, 2.75) is 6.54 Å². The highest BCUT2D eigenvalue weighted by Gasteiger charge is 2.18. The molecule has 0 bridgehead atoms. The van der Waals surface area contributed by atoms with E-state index in [1.807, 2.05) is 18.2 Å². The summed E-state index contributed by atoms with van der Waals surface area (Å²) in [6.07, 6.45) is 3.56. The van der Waals surface area contributed by atoms with Gasteiger partial charge in [0.15, 0.2) is 0 Å². The molecule has 0 amide bonds. The van der Waals surface area contributed by atoms with E-state index in [2.05, 4.69) is 20.3 Å². The topological polar surface area (TPSA) is 59.4 Å². The summed E-state index contributed by atoms with van der Waals surface area (Å²) in [7, 11) is 1.67. The van der Waals surface area contributed by atoms with Gasteiger partial charge in [-0.25, -0.2) is 9.97 Å². The smallest absolute Gasteiger partial charge is 0.129 e. The van der Waals surface area contributed by atoms with Crippen LogP contribution < -0.4 is 5.32 Å². The van der Waals surface area contributed by atoms with Crippen LogP contribution in [-0.4, -0.2) is 35.9 Å². The molecular weight excluding hydrogens is 288 g/mol. The summed E-state index contributed by atoms with van der Waals surface area (Å²) < 4.78 is 5.02. The Labute approximate surface area is 128 Å². The molecule has 1 aliphatic rings. The predicted octanol–water partition coefficient (Wildman–Crippen LogP) is 2.54. The number of hydrogen-bond donors (Lipinski definition) is 1. The molecule has 0 atom stereocenters. The number of methoxy groups -OCH3 is 1. The molecule has 0 aromatic carbocycles. The molecule has 3 heterocycles. The molecule has 0 fully saturated rings. The number of nitrogens with zero attached hydrogens (tertiary/aromatic N) is 3. The van der Waals surface area contributed by atoms with Crippen LogP contribution in [0, 0.1) is 0 Å². The first-order valence-electron chi connectivity index (χ1n) is 6.66. The minimum absolute atomic E-state index is 0.482. The third kappa shape index (κ3) is 3.04. The van der Waals surface area contributed by atoms with Gasteiger partial charge in [0.2, 0.25) is 0 Å². The molecule has 21 heavy (non-hydrogen) atoms. The van der Waals surface area contributed by atoms with Crippen molar-refractivity contribution in [1.82, 2.24) is 9.97 Å². The van der Waals surface area contributed by atoms with Gasteiger partial charge in [-0.3, -0.25) is 4.99 Å². The third-order valence-electron chi connectivity index (χ3n) is 3.26. The molecule has 0 unspecified atom stereocenters. The second kappa shape index (κ2) is 6.20. The molecule has 2 aromatic rings. The standard InChI is InChI=1S/C15H15ClN4O/c1-21-5-4-18-14-6-10(2-3-17-14)15-12-7-13(16)19-8-11(12)9-20-15/h2-3,6-8H,4-5,9H2,1H3,(H,17,18). The van der Waals surface area contributed by atoms with Crippen LogP contribution in [0.3, 0.4) is 0 Å². The highest BCUT2D eigenvalue weighted by Crippen LogP contribution is 2.25. The minimum atomic E-state index is 0.482. The fourth-order valence-corrected chi connectivity index (χ4v) is 2.41. The molecule has 108 valence electrons. The van der Waals surface area contributed by atoms with Crippen LogP contribution in [0.25, 0.3) is 0 Å². The Bertz CT molecular complexity index is 687. The Kier molecular flexibility index (Phi) is 4.13. The number of anilines is 1. The fourth-order valence-electron chi connectivity index (χ4n) is 2.26. The van der Waals surface area contributed by atoms with Crippen molar-refractivity contribution >= 4 is 23.1 Å². The minimum Gasteiger partial charge on any atom is -0.383 e. The normalized spacial score (nSPS) is 13.0. The molecule has 0 saturated heterocycles. The first-order chi connectivity index (χ1) is 10.3. The molecule has 1 N–H and O–H groups in total. The molecule has 0 aliphatic carbocycles. The van der Waals surface area contributed by atoms with E-state index in [0.29, 0.717) is 24.8 Å². The maximum atomic E-state index is 5.99. The number of aliphatic imine (C=N–C) groups is 1. The summed E-state index contributed by atoms with van der Waals surface area (Å²) in [5.41, 5.74) is 4.10. The van der Waals surface area contributed by atoms with Gasteiger partial charge in [0.1, 0.15) is 11.0 Å². The van der Waals surface area contributed by atoms with Crippen LogP contribution in [-0.2, 0) is 11.3 Å². The van der Waals surface area contributed by atoms with Gasteiger partial charge in [0.25, 0.3) is 0 Å². The van der Waals surface area contributed by atoms with E-state index in [4.69, 9.17) is 16.3 Å². The number of hydrogen-bond acceptors (Lipinski definition) is 5. The average Bonchev–Trinajstić information content (AvgIpc) is 2.91. The zero-order chi connectivity index (χ0) is 14.7. The molecule has 1 aliphatic heterocycles. The molecular formula is C15H15ClN4O. The van der Waals surface area contributed by atoms with Gasteiger partial charge in [0, 0.05) is 42.7 Å². The Hall–Kier alpha value is -1.98. The van der Waals surface area contributed by atoms with Crippen LogP contribution in [0.2, 0.25) is 5.15 Å². The lowest BCUT2D eigenvalue weighted by molar-refractivity contribution is 0.210. The number of fused-ring (bicyclic) bond motifs is 1. The van der Waals surface area contributed by atoms with Gasteiger partial charge < -0.3 is 10.1 Å². The van der Waals surface area contributed by atoms with Crippen molar-refractivity contribution in [3.63, 3.8) is 0 Å². The summed E-state index contributed by atoms with van der Waals surface area (Å²) in [5, 5.41) is 3.70. The van der Waals surface area contributed by atoms with E-state index >= 15 is 0 Å². The maximum absolute atomic E-state index is 5.99. The van der Waals surface area contributed by atoms with Gasteiger partial charge in [0.05, 0.1) is 18.9 Å². The number of halogens is 1. The highest BCUT2D eigenvalue weighted by atomic mass is 35.5. The zero-order valence-corrected chi connectivity index (χ0v) is 12.4. The Balaban J connectivity index is 1.86. The Morgan fingerprint density at radius 1 is 1.33 bits per heavy atom. The van der Waals surface area contributed by atoms with E-state index in [9.17, 15) is 0 Å². The number of rotatable bonds is 5. The van der Waals surface area contributed by atoms with E-state index in [-0.39, 0.29) is 0 Å². The molecule has 0 spiro atoms. The second-order valence-corrected chi connectivity index (χ2v) is 5.07. The number of pyridine rings is 2. The van der Waals surface area contributed by atoms with Crippen LogP contribution in [0.15, 0.2) is 35.6 Å². The van der Waals surface area contributed by atoms with Gasteiger partial charge >= 0.3 is 0 Å². The summed E-state index contributed by atoms with van der Waals surface area (Å²) in [6, 6.07) is 5.79. The Morgan fingerprint density at radius 3 is 3.10 bits per heavy atom. The lowest BCUT2D eigenvalue weighted by Crippen LogP contribution is -2.10. The number of nitrogens with one attached hydrogen (secondary N) is 1.